The fourth-order valence-corrected chi connectivity index (χ4v) is 3.58. The van der Waals surface area contributed by atoms with Gasteiger partial charge in [-0.1, -0.05) is 6.42 Å². The predicted molar refractivity (Wildman–Crippen MR) is 80.8 cm³/mol. The number of amides is 2. The van der Waals surface area contributed by atoms with E-state index in [0.29, 0.717) is 31.0 Å². The second kappa shape index (κ2) is 6.34. The lowest BCUT2D eigenvalue weighted by Crippen LogP contribution is -2.50. The summed E-state index contributed by atoms with van der Waals surface area (Å²) >= 11 is 0. The average Bonchev–Trinajstić information content (AvgIpc) is 3.25. The number of rotatable bonds is 5. The Bertz CT molecular complexity index is 408. The smallest absolute Gasteiger partial charge is 0.236 e. The molecular weight excluding hydrogens is 266 g/mol. The van der Waals surface area contributed by atoms with E-state index in [9.17, 15) is 9.59 Å². The summed E-state index contributed by atoms with van der Waals surface area (Å²) in [5.74, 6) is 0.541. The van der Waals surface area contributed by atoms with Crippen molar-refractivity contribution in [3.63, 3.8) is 0 Å². The number of hydrogen-bond acceptors (Lipinski definition) is 3. The fourth-order valence-electron chi connectivity index (χ4n) is 3.58. The molecule has 5 heteroatoms. The third-order valence-corrected chi connectivity index (χ3v) is 5.18. The summed E-state index contributed by atoms with van der Waals surface area (Å²) in [6.45, 7) is 3.25. The highest BCUT2D eigenvalue weighted by Crippen LogP contribution is 2.26. The van der Waals surface area contributed by atoms with Gasteiger partial charge < -0.3 is 9.80 Å². The van der Waals surface area contributed by atoms with Gasteiger partial charge in [0.05, 0.1) is 6.54 Å². The molecule has 0 N–H and O–H groups in total. The number of carbonyl (C=O) groups is 2. The van der Waals surface area contributed by atoms with Crippen molar-refractivity contribution in [3.05, 3.63) is 0 Å². The van der Waals surface area contributed by atoms with Gasteiger partial charge in [-0.05, 0) is 38.6 Å². The Balaban J connectivity index is 1.55. The van der Waals surface area contributed by atoms with Gasteiger partial charge in [-0.3, -0.25) is 14.5 Å². The first-order chi connectivity index (χ1) is 10.1. The van der Waals surface area contributed by atoms with Crippen molar-refractivity contribution in [1.82, 2.24) is 14.7 Å². The van der Waals surface area contributed by atoms with Crippen LogP contribution in [-0.4, -0.2) is 71.8 Å². The Labute approximate surface area is 127 Å². The first-order valence-electron chi connectivity index (χ1n) is 8.42. The molecule has 1 saturated carbocycles. The summed E-state index contributed by atoms with van der Waals surface area (Å²) in [6.07, 6.45) is 7.53. The molecule has 3 fully saturated rings. The normalized spacial score (nSPS) is 27.2. The average molecular weight is 293 g/mol. The summed E-state index contributed by atoms with van der Waals surface area (Å²) < 4.78 is 0. The number of likely N-dealkylation sites (tertiary alicyclic amines) is 2. The number of nitrogens with zero attached hydrogens (tertiary/aromatic N) is 3. The molecule has 2 heterocycles. The summed E-state index contributed by atoms with van der Waals surface area (Å²) in [5.41, 5.74) is 0. The molecule has 3 aliphatic rings. The monoisotopic (exact) mass is 293 g/mol. The maximum atomic E-state index is 12.3. The number of likely N-dealkylation sites (N-methyl/N-ethyl adjacent to an activating group) is 1. The highest BCUT2D eigenvalue weighted by atomic mass is 16.2. The molecule has 2 saturated heterocycles. The van der Waals surface area contributed by atoms with Crippen LogP contribution in [0.25, 0.3) is 0 Å². The van der Waals surface area contributed by atoms with Crippen LogP contribution in [-0.2, 0) is 9.59 Å². The van der Waals surface area contributed by atoms with Crippen LogP contribution in [0.1, 0.15) is 44.9 Å². The van der Waals surface area contributed by atoms with Crippen LogP contribution < -0.4 is 0 Å². The first kappa shape index (κ1) is 14.8. The van der Waals surface area contributed by atoms with Crippen molar-refractivity contribution in [2.75, 3.05) is 33.2 Å². The third kappa shape index (κ3) is 3.57. The minimum absolute atomic E-state index is 0.247. The molecular formula is C16H27N3O2. The topological polar surface area (TPSA) is 43.9 Å². The van der Waals surface area contributed by atoms with E-state index in [1.54, 1.807) is 0 Å². The van der Waals surface area contributed by atoms with E-state index < -0.39 is 0 Å². The van der Waals surface area contributed by atoms with E-state index >= 15 is 0 Å². The van der Waals surface area contributed by atoms with Crippen LogP contribution in [0.15, 0.2) is 0 Å². The van der Waals surface area contributed by atoms with E-state index in [1.807, 2.05) is 16.8 Å². The molecule has 21 heavy (non-hydrogen) atoms. The maximum absolute atomic E-state index is 12.3. The zero-order valence-electron chi connectivity index (χ0n) is 13.1. The van der Waals surface area contributed by atoms with E-state index in [1.165, 1.54) is 12.8 Å². The van der Waals surface area contributed by atoms with Gasteiger partial charge in [-0.15, -0.1) is 0 Å². The molecule has 0 aromatic heterocycles. The minimum Gasteiger partial charge on any atom is -0.342 e. The third-order valence-electron chi connectivity index (χ3n) is 5.18. The van der Waals surface area contributed by atoms with Crippen LogP contribution in [0.2, 0.25) is 0 Å². The summed E-state index contributed by atoms with van der Waals surface area (Å²) in [4.78, 5) is 30.4. The standard InChI is InChI=1S/C16H27N3O2/c1-17(13-7-8-13)16(21)12-18-9-3-2-5-14(18)11-19-10-4-6-15(19)20/h13-14H,2-12H2,1H3/t14-/m0/s1. The largest absolute Gasteiger partial charge is 0.342 e. The van der Waals surface area contributed by atoms with Crippen LogP contribution in [0.3, 0.4) is 0 Å². The van der Waals surface area contributed by atoms with Gasteiger partial charge in [0.1, 0.15) is 0 Å². The molecule has 1 atom stereocenters. The van der Waals surface area contributed by atoms with E-state index in [4.69, 9.17) is 0 Å². The van der Waals surface area contributed by atoms with Gasteiger partial charge in [-0.25, -0.2) is 0 Å². The SMILES string of the molecule is CN(C(=O)CN1CCCC[C@H]1CN1CCCC1=O)C1CC1. The van der Waals surface area contributed by atoms with Crippen LogP contribution >= 0.6 is 0 Å². The molecule has 2 aliphatic heterocycles. The fraction of sp³-hybridized carbons (Fsp3) is 0.875. The van der Waals surface area contributed by atoms with Gasteiger partial charge >= 0.3 is 0 Å². The van der Waals surface area contributed by atoms with Crippen LogP contribution in [0, 0.1) is 0 Å². The van der Waals surface area contributed by atoms with Crippen molar-refractivity contribution in [2.45, 2.75) is 57.0 Å². The lowest BCUT2D eigenvalue weighted by atomic mass is 10.0. The van der Waals surface area contributed by atoms with Crippen molar-refractivity contribution in [1.29, 1.82) is 0 Å². The Morgan fingerprint density at radius 1 is 1.19 bits per heavy atom. The van der Waals surface area contributed by atoms with Gasteiger partial charge in [-0.2, -0.15) is 0 Å². The predicted octanol–water partition coefficient (Wildman–Crippen LogP) is 1.08. The molecule has 118 valence electrons. The van der Waals surface area contributed by atoms with Crippen LogP contribution in [0.5, 0.6) is 0 Å². The molecule has 0 unspecified atom stereocenters. The number of piperidine rings is 1. The molecule has 0 aromatic rings. The van der Waals surface area contributed by atoms with Gasteiger partial charge in [0, 0.05) is 38.6 Å². The minimum atomic E-state index is 0.247. The van der Waals surface area contributed by atoms with E-state index in [-0.39, 0.29) is 5.91 Å². The number of carbonyl (C=O) groups excluding carboxylic acids is 2. The maximum Gasteiger partial charge on any atom is 0.236 e. The summed E-state index contributed by atoms with van der Waals surface area (Å²) in [5, 5.41) is 0. The Kier molecular flexibility index (Phi) is 4.48. The zero-order chi connectivity index (χ0) is 14.8. The Morgan fingerprint density at radius 2 is 2.00 bits per heavy atom. The quantitative estimate of drug-likeness (QED) is 0.762. The zero-order valence-corrected chi connectivity index (χ0v) is 13.1. The molecule has 2 amide bonds. The van der Waals surface area contributed by atoms with E-state index in [2.05, 4.69) is 4.90 Å². The van der Waals surface area contributed by atoms with Crippen LogP contribution in [0.4, 0.5) is 0 Å². The molecule has 0 spiro atoms. The van der Waals surface area contributed by atoms with Crippen molar-refractivity contribution < 1.29 is 9.59 Å². The molecule has 3 rings (SSSR count). The summed E-state index contributed by atoms with van der Waals surface area (Å²) in [7, 11) is 1.93. The summed E-state index contributed by atoms with van der Waals surface area (Å²) in [6, 6.07) is 0.859. The lowest BCUT2D eigenvalue weighted by Gasteiger charge is -2.38. The molecule has 5 nitrogen and oxygen atoms in total. The van der Waals surface area contributed by atoms with Gasteiger partial charge in [0.2, 0.25) is 11.8 Å². The second-order valence-electron chi connectivity index (χ2n) is 6.80. The van der Waals surface area contributed by atoms with Crippen molar-refractivity contribution in [3.8, 4) is 0 Å². The van der Waals surface area contributed by atoms with Crippen molar-refractivity contribution >= 4 is 11.8 Å². The second-order valence-corrected chi connectivity index (χ2v) is 6.80. The lowest BCUT2D eigenvalue weighted by molar-refractivity contribution is -0.133. The van der Waals surface area contributed by atoms with Gasteiger partial charge in [0.15, 0.2) is 0 Å². The van der Waals surface area contributed by atoms with Crippen molar-refractivity contribution in [2.24, 2.45) is 0 Å². The highest BCUT2D eigenvalue weighted by molar-refractivity contribution is 5.79. The molecule has 0 bridgehead atoms. The highest BCUT2D eigenvalue weighted by Gasteiger charge is 2.33. The van der Waals surface area contributed by atoms with E-state index in [0.717, 1.165) is 45.3 Å². The Morgan fingerprint density at radius 3 is 2.67 bits per heavy atom. The Hall–Kier alpha value is -1.10. The molecule has 1 aliphatic carbocycles. The molecule has 0 aromatic carbocycles. The molecule has 0 radical (unpaired) electrons. The van der Waals surface area contributed by atoms with Gasteiger partial charge in [0.25, 0.3) is 0 Å². The number of hydrogen-bond donors (Lipinski definition) is 0. The first-order valence-corrected chi connectivity index (χ1v) is 8.42.